The summed E-state index contributed by atoms with van der Waals surface area (Å²) in [5.41, 5.74) is 0.150. The van der Waals surface area contributed by atoms with Crippen LogP contribution in [0.25, 0.3) is 0 Å². The molecule has 0 aliphatic carbocycles. The first-order valence-electron chi connectivity index (χ1n) is 6.08. The minimum Gasteiger partial charge on any atom is -0.507 e. The van der Waals surface area contributed by atoms with Gasteiger partial charge in [-0.3, -0.25) is 9.59 Å². The number of hydrogen-bond donors (Lipinski definition) is 2. The Morgan fingerprint density at radius 2 is 2.20 bits per heavy atom. The molecular formula is C13H14ClNO4S. The quantitative estimate of drug-likeness (QED) is 0.893. The number of nitrogens with zero attached hydrogens (tertiary/aromatic N) is 1. The summed E-state index contributed by atoms with van der Waals surface area (Å²) in [4.78, 5) is 24.8. The van der Waals surface area contributed by atoms with Gasteiger partial charge in [-0.05, 0) is 18.2 Å². The van der Waals surface area contributed by atoms with Crippen molar-refractivity contribution < 1.29 is 19.8 Å². The van der Waals surface area contributed by atoms with Crippen LogP contribution in [0.15, 0.2) is 18.2 Å². The highest BCUT2D eigenvalue weighted by molar-refractivity contribution is 7.99. The van der Waals surface area contributed by atoms with Gasteiger partial charge in [0, 0.05) is 23.1 Å². The number of rotatable bonds is 3. The fraction of sp³-hybridized carbons (Fsp3) is 0.385. The molecule has 7 heteroatoms. The van der Waals surface area contributed by atoms with Gasteiger partial charge >= 0.3 is 5.97 Å². The summed E-state index contributed by atoms with van der Waals surface area (Å²) in [6.07, 6.45) is -0.0902. The van der Waals surface area contributed by atoms with Crippen molar-refractivity contribution in [2.45, 2.75) is 12.5 Å². The maximum Gasteiger partial charge on any atom is 0.305 e. The molecule has 0 radical (unpaired) electrons. The molecule has 1 unspecified atom stereocenters. The molecule has 108 valence electrons. The Kier molecular flexibility index (Phi) is 4.77. The van der Waals surface area contributed by atoms with Crippen molar-refractivity contribution in [1.29, 1.82) is 0 Å². The third-order valence-corrected chi connectivity index (χ3v) is 4.42. The Bertz CT molecular complexity index is 537. The smallest absolute Gasteiger partial charge is 0.305 e. The van der Waals surface area contributed by atoms with Crippen LogP contribution in [0.4, 0.5) is 0 Å². The Hall–Kier alpha value is -1.40. The summed E-state index contributed by atoms with van der Waals surface area (Å²) in [7, 11) is 0. The molecule has 0 aromatic heterocycles. The lowest BCUT2D eigenvalue weighted by atomic mass is 10.1. The predicted molar refractivity (Wildman–Crippen MR) is 77.5 cm³/mol. The molecule has 1 saturated heterocycles. The van der Waals surface area contributed by atoms with Gasteiger partial charge in [0.15, 0.2) is 0 Å². The highest BCUT2D eigenvalue weighted by Crippen LogP contribution is 2.27. The molecule has 20 heavy (non-hydrogen) atoms. The van der Waals surface area contributed by atoms with E-state index in [-0.39, 0.29) is 29.7 Å². The van der Waals surface area contributed by atoms with Crippen LogP contribution >= 0.6 is 23.4 Å². The van der Waals surface area contributed by atoms with Crippen molar-refractivity contribution in [3.05, 3.63) is 28.8 Å². The normalized spacial score (nSPS) is 18.9. The molecule has 1 aromatic rings. The topological polar surface area (TPSA) is 77.8 Å². The van der Waals surface area contributed by atoms with Gasteiger partial charge < -0.3 is 15.1 Å². The fourth-order valence-electron chi connectivity index (χ4n) is 2.13. The number of carboxylic acid groups (broad SMARTS) is 1. The number of phenolic OH excluding ortho intramolecular Hbond substituents is 1. The first kappa shape index (κ1) is 15.0. The van der Waals surface area contributed by atoms with E-state index in [0.717, 1.165) is 5.75 Å². The second kappa shape index (κ2) is 6.37. The number of phenols is 1. The minimum atomic E-state index is -0.935. The molecule has 1 heterocycles. The van der Waals surface area contributed by atoms with Crippen molar-refractivity contribution in [1.82, 2.24) is 4.90 Å². The van der Waals surface area contributed by atoms with E-state index >= 15 is 0 Å². The Morgan fingerprint density at radius 1 is 1.45 bits per heavy atom. The number of benzene rings is 1. The summed E-state index contributed by atoms with van der Waals surface area (Å²) in [5, 5.41) is 19.1. The van der Waals surface area contributed by atoms with Crippen LogP contribution in [-0.4, -0.2) is 51.1 Å². The number of hydrogen-bond acceptors (Lipinski definition) is 4. The Balaban J connectivity index is 2.22. The van der Waals surface area contributed by atoms with E-state index < -0.39 is 5.97 Å². The summed E-state index contributed by atoms with van der Waals surface area (Å²) < 4.78 is 0. The van der Waals surface area contributed by atoms with Gasteiger partial charge in [0.2, 0.25) is 0 Å². The van der Waals surface area contributed by atoms with E-state index in [9.17, 15) is 14.7 Å². The standard InChI is InChI=1S/C13H14ClNO4S/c14-8-1-2-10(11(16)5-8)13(19)15-3-4-20-7-9(15)6-12(17)18/h1-2,5,9,16H,3-4,6-7H2,(H,17,18). The lowest BCUT2D eigenvalue weighted by Crippen LogP contribution is -2.47. The van der Waals surface area contributed by atoms with Gasteiger partial charge in [-0.1, -0.05) is 11.6 Å². The van der Waals surface area contributed by atoms with E-state index in [1.807, 2.05) is 0 Å². The van der Waals surface area contributed by atoms with Crippen LogP contribution in [0, 0.1) is 0 Å². The minimum absolute atomic E-state index is 0.0902. The van der Waals surface area contributed by atoms with Gasteiger partial charge in [-0.2, -0.15) is 11.8 Å². The molecule has 1 aromatic carbocycles. The molecule has 0 bridgehead atoms. The largest absolute Gasteiger partial charge is 0.507 e. The molecule has 1 amide bonds. The zero-order valence-electron chi connectivity index (χ0n) is 10.6. The molecule has 0 spiro atoms. The molecule has 2 rings (SSSR count). The van der Waals surface area contributed by atoms with E-state index in [1.54, 1.807) is 11.8 Å². The number of carboxylic acids is 1. The van der Waals surface area contributed by atoms with Crippen LogP contribution in [0.2, 0.25) is 5.02 Å². The molecule has 5 nitrogen and oxygen atoms in total. The number of carbonyl (C=O) groups excluding carboxylic acids is 1. The summed E-state index contributed by atoms with van der Waals surface area (Å²) in [5.74, 6) is -0.126. The number of aromatic hydroxyl groups is 1. The third kappa shape index (κ3) is 3.37. The zero-order valence-corrected chi connectivity index (χ0v) is 12.2. The van der Waals surface area contributed by atoms with E-state index in [4.69, 9.17) is 16.7 Å². The molecule has 2 N–H and O–H groups in total. The highest BCUT2D eigenvalue weighted by atomic mass is 35.5. The van der Waals surface area contributed by atoms with Gasteiger partial charge in [0.25, 0.3) is 5.91 Å². The number of carbonyl (C=O) groups is 2. The van der Waals surface area contributed by atoms with Crippen molar-refractivity contribution in [2.75, 3.05) is 18.1 Å². The van der Waals surface area contributed by atoms with Crippen LogP contribution < -0.4 is 0 Å². The van der Waals surface area contributed by atoms with Crippen LogP contribution in [0.5, 0.6) is 5.75 Å². The van der Waals surface area contributed by atoms with Crippen molar-refractivity contribution in [3.8, 4) is 5.75 Å². The van der Waals surface area contributed by atoms with Crippen molar-refractivity contribution in [3.63, 3.8) is 0 Å². The lowest BCUT2D eigenvalue weighted by molar-refractivity contribution is -0.138. The Labute approximate surface area is 125 Å². The average molecular weight is 316 g/mol. The van der Waals surface area contributed by atoms with Gasteiger partial charge in [0.05, 0.1) is 18.0 Å². The second-order valence-corrected chi connectivity index (χ2v) is 6.07. The average Bonchev–Trinajstić information content (AvgIpc) is 2.38. The lowest BCUT2D eigenvalue weighted by Gasteiger charge is -2.34. The SMILES string of the molecule is O=C(O)CC1CSCCN1C(=O)c1ccc(Cl)cc1O. The number of halogens is 1. The summed E-state index contributed by atoms with van der Waals surface area (Å²) in [6.45, 7) is 0.476. The maximum absolute atomic E-state index is 12.4. The number of thioether (sulfide) groups is 1. The van der Waals surface area contributed by atoms with E-state index in [0.29, 0.717) is 17.3 Å². The van der Waals surface area contributed by atoms with E-state index in [1.165, 1.54) is 23.1 Å². The van der Waals surface area contributed by atoms with E-state index in [2.05, 4.69) is 0 Å². The molecule has 0 saturated carbocycles. The fourth-order valence-corrected chi connectivity index (χ4v) is 3.36. The third-order valence-electron chi connectivity index (χ3n) is 3.09. The molecule has 1 aliphatic rings. The predicted octanol–water partition coefficient (Wildman–Crippen LogP) is 2.08. The monoisotopic (exact) mass is 315 g/mol. The van der Waals surface area contributed by atoms with Crippen molar-refractivity contribution in [2.24, 2.45) is 0 Å². The highest BCUT2D eigenvalue weighted by Gasteiger charge is 2.30. The molecule has 1 atom stereocenters. The summed E-state index contributed by atoms with van der Waals surface area (Å²) in [6, 6.07) is 3.94. The van der Waals surface area contributed by atoms with Gasteiger partial charge in [-0.15, -0.1) is 0 Å². The first-order valence-corrected chi connectivity index (χ1v) is 7.61. The maximum atomic E-state index is 12.4. The van der Waals surface area contributed by atoms with Crippen LogP contribution in [0.3, 0.4) is 0 Å². The Morgan fingerprint density at radius 3 is 2.85 bits per heavy atom. The number of amides is 1. The molecule has 1 aliphatic heterocycles. The zero-order chi connectivity index (χ0) is 14.7. The first-order chi connectivity index (χ1) is 9.49. The summed E-state index contributed by atoms with van der Waals surface area (Å²) >= 11 is 7.37. The van der Waals surface area contributed by atoms with Crippen LogP contribution in [0.1, 0.15) is 16.8 Å². The van der Waals surface area contributed by atoms with Crippen molar-refractivity contribution >= 4 is 35.2 Å². The van der Waals surface area contributed by atoms with Crippen LogP contribution in [-0.2, 0) is 4.79 Å². The second-order valence-electron chi connectivity index (χ2n) is 4.49. The molecule has 1 fully saturated rings. The molecular weight excluding hydrogens is 302 g/mol. The number of aliphatic carboxylic acids is 1. The van der Waals surface area contributed by atoms with Gasteiger partial charge in [0.1, 0.15) is 5.75 Å². The van der Waals surface area contributed by atoms with Gasteiger partial charge in [-0.25, -0.2) is 0 Å².